The molecular formula is C11H5BrClFN4O. The van der Waals surface area contributed by atoms with Gasteiger partial charge < -0.3 is 9.72 Å². The average molecular weight is 344 g/mol. The van der Waals surface area contributed by atoms with Gasteiger partial charge in [-0.25, -0.2) is 9.37 Å². The van der Waals surface area contributed by atoms with Crippen molar-refractivity contribution in [3.8, 4) is 11.6 Å². The highest BCUT2D eigenvalue weighted by molar-refractivity contribution is 9.10. The SMILES string of the molecule is Fc1ccc(Br)c(Oc2nc(Cl)nc3nc[nH]c23)c1. The zero-order valence-electron chi connectivity index (χ0n) is 9.19. The number of hydrogen-bond acceptors (Lipinski definition) is 4. The minimum atomic E-state index is -0.417. The lowest BCUT2D eigenvalue weighted by Gasteiger charge is -2.07. The van der Waals surface area contributed by atoms with E-state index in [1.165, 1.54) is 24.5 Å². The third-order valence-corrected chi connectivity index (χ3v) is 3.15. The molecule has 0 bridgehead atoms. The Kier molecular flexibility index (Phi) is 3.08. The topological polar surface area (TPSA) is 63.7 Å². The predicted octanol–water partition coefficient (Wildman–Crippen LogP) is 3.70. The first-order valence-electron chi connectivity index (χ1n) is 5.13. The van der Waals surface area contributed by atoms with Crippen LogP contribution in [-0.2, 0) is 0 Å². The van der Waals surface area contributed by atoms with Crippen molar-refractivity contribution in [3.05, 3.63) is 40.1 Å². The van der Waals surface area contributed by atoms with Gasteiger partial charge in [-0.3, -0.25) is 0 Å². The molecule has 0 unspecified atom stereocenters. The van der Waals surface area contributed by atoms with Crippen molar-refractivity contribution in [1.82, 2.24) is 19.9 Å². The lowest BCUT2D eigenvalue weighted by Crippen LogP contribution is -1.94. The normalized spacial score (nSPS) is 10.9. The van der Waals surface area contributed by atoms with Crippen molar-refractivity contribution in [3.63, 3.8) is 0 Å². The Labute approximate surface area is 119 Å². The third-order valence-electron chi connectivity index (χ3n) is 2.33. The van der Waals surface area contributed by atoms with E-state index in [1.54, 1.807) is 0 Å². The van der Waals surface area contributed by atoms with Crippen LogP contribution in [0.25, 0.3) is 11.2 Å². The van der Waals surface area contributed by atoms with Crippen LogP contribution >= 0.6 is 27.5 Å². The van der Waals surface area contributed by atoms with Crippen LogP contribution in [0.15, 0.2) is 29.0 Å². The average Bonchev–Trinajstić information content (AvgIpc) is 2.82. The van der Waals surface area contributed by atoms with Gasteiger partial charge in [0.2, 0.25) is 11.2 Å². The van der Waals surface area contributed by atoms with Crippen molar-refractivity contribution < 1.29 is 9.13 Å². The summed E-state index contributed by atoms with van der Waals surface area (Å²) in [5.41, 5.74) is 0.864. The van der Waals surface area contributed by atoms with Gasteiger partial charge in [-0.1, -0.05) is 0 Å². The first-order valence-corrected chi connectivity index (χ1v) is 6.30. The molecule has 5 nitrogen and oxygen atoms in total. The van der Waals surface area contributed by atoms with Gasteiger partial charge in [-0.2, -0.15) is 9.97 Å². The van der Waals surface area contributed by atoms with E-state index in [-0.39, 0.29) is 16.9 Å². The number of hydrogen-bond donors (Lipinski definition) is 1. The number of ether oxygens (including phenoxy) is 1. The largest absolute Gasteiger partial charge is 0.436 e. The summed E-state index contributed by atoms with van der Waals surface area (Å²) in [6.07, 6.45) is 1.45. The van der Waals surface area contributed by atoms with Gasteiger partial charge in [0.1, 0.15) is 17.1 Å². The van der Waals surface area contributed by atoms with E-state index >= 15 is 0 Å². The van der Waals surface area contributed by atoms with E-state index < -0.39 is 5.82 Å². The molecule has 0 saturated heterocycles. The van der Waals surface area contributed by atoms with Crippen LogP contribution in [0.4, 0.5) is 4.39 Å². The second-order valence-electron chi connectivity index (χ2n) is 3.58. The predicted molar refractivity (Wildman–Crippen MR) is 70.9 cm³/mol. The van der Waals surface area contributed by atoms with Crippen LogP contribution in [0.1, 0.15) is 0 Å². The second kappa shape index (κ2) is 4.75. The van der Waals surface area contributed by atoms with Crippen molar-refractivity contribution in [2.24, 2.45) is 0 Å². The fraction of sp³-hybridized carbons (Fsp3) is 0. The smallest absolute Gasteiger partial charge is 0.250 e. The Hall–Kier alpha value is -1.73. The van der Waals surface area contributed by atoms with Gasteiger partial charge in [0.25, 0.3) is 0 Å². The van der Waals surface area contributed by atoms with Gasteiger partial charge in [0.15, 0.2) is 5.65 Å². The van der Waals surface area contributed by atoms with Gasteiger partial charge in [-0.15, -0.1) is 0 Å². The molecule has 0 aliphatic heterocycles. The Morgan fingerprint density at radius 3 is 3.00 bits per heavy atom. The summed E-state index contributed by atoms with van der Waals surface area (Å²) in [5, 5.41) is 0.00197. The molecule has 0 atom stereocenters. The number of rotatable bonds is 2. The highest BCUT2D eigenvalue weighted by Crippen LogP contribution is 2.32. The molecule has 0 radical (unpaired) electrons. The molecule has 3 aromatic rings. The van der Waals surface area contributed by atoms with Crippen molar-refractivity contribution in [2.75, 3.05) is 0 Å². The van der Waals surface area contributed by atoms with E-state index in [4.69, 9.17) is 16.3 Å². The summed E-state index contributed by atoms with van der Waals surface area (Å²) in [6.45, 7) is 0. The number of H-pyrrole nitrogens is 1. The van der Waals surface area contributed by atoms with E-state index in [2.05, 4.69) is 35.9 Å². The number of aromatic nitrogens is 4. The van der Waals surface area contributed by atoms with Crippen LogP contribution < -0.4 is 4.74 Å². The fourth-order valence-corrected chi connectivity index (χ4v) is 2.00. The van der Waals surface area contributed by atoms with Crippen LogP contribution in [0.2, 0.25) is 5.28 Å². The van der Waals surface area contributed by atoms with E-state index in [1.807, 2.05) is 0 Å². The van der Waals surface area contributed by atoms with Crippen LogP contribution in [-0.4, -0.2) is 19.9 Å². The molecule has 1 N–H and O–H groups in total. The third kappa shape index (κ3) is 2.39. The number of aromatic amines is 1. The zero-order valence-corrected chi connectivity index (χ0v) is 11.5. The number of fused-ring (bicyclic) bond motifs is 1. The lowest BCUT2D eigenvalue weighted by molar-refractivity contribution is 0.459. The Morgan fingerprint density at radius 2 is 2.16 bits per heavy atom. The second-order valence-corrected chi connectivity index (χ2v) is 4.77. The molecule has 2 heterocycles. The quantitative estimate of drug-likeness (QED) is 0.721. The maximum Gasteiger partial charge on any atom is 0.250 e. The first-order chi connectivity index (χ1) is 9.13. The zero-order chi connectivity index (χ0) is 13.4. The number of halogens is 3. The molecule has 0 amide bonds. The summed E-state index contributed by atoms with van der Waals surface area (Å²) in [6, 6.07) is 4.09. The molecule has 8 heteroatoms. The number of nitrogens with zero attached hydrogens (tertiary/aromatic N) is 3. The van der Waals surface area contributed by atoms with Crippen molar-refractivity contribution in [1.29, 1.82) is 0 Å². The first kappa shape index (κ1) is 12.3. The molecule has 0 fully saturated rings. The van der Waals surface area contributed by atoms with Crippen LogP contribution in [0, 0.1) is 5.82 Å². The molecule has 0 aliphatic rings. The standard InChI is InChI=1S/C11H5BrClFN4O/c12-6-2-1-5(14)3-7(6)19-10-8-9(16-4-15-8)17-11(13)18-10/h1-4H,(H,15,16,17,18). The highest BCUT2D eigenvalue weighted by Gasteiger charge is 2.13. The van der Waals surface area contributed by atoms with Gasteiger partial charge in [-0.05, 0) is 39.7 Å². The molecule has 1 aromatic carbocycles. The summed E-state index contributed by atoms with van der Waals surface area (Å²) in [4.78, 5) is 14.7. The Balaban J connectivity index is 2.10. The number of imidazole rings is 1. The monoisotopic (exact) mass is 342 g/mol. The molecule has 0 saturated carbocycles. The highest BCUT2D eigenvalue weighted by atomic mass is 79.9. The minimum absolute atomic E-state index is 0.00197. The fourth-order valence-electron chi connectivity index (χ4n) is 1.51. The van der Waals surface area contributed by atoms with Gasteiger partial charge in [0.05, 0.1) is 10.8 Å². The molecule has 96 valence electrons. The van der Waals surface area contributed by atoms with E-state index in [9.17, 15) is 4.39 Å². The molecule has 3 rings (SSSR count). The van der Waals surface area contributed by atoms with Crippen LogP contribution in [0.5, 0.6) is 11.6 Å². The molecule has 0 spiro atoms. The maximum atomic E-state index is 13.2. The molecule has 0 aliphatic carbocycles. The van der Waals surface area contributed by atoms with Crippen LogP contribution in [0.3, 0.4) is 0 Å². The van der Waals surface area contributed by atoms with E-state index in [0.29, 0.717) is 15.6 Å². The summed E-state index contributed by atoms with van der Waals surface area (Å²) >= 11 is 9.04. The summed E-state index contributed by atoms with van der Waals surface area (Å²) < 4.78 is 19.3. The number of benzene rings is 1. The Morgan fingerprint density at radius 1 is 1.32 bits per heavy atom. The van der Waals surface area contributed by atoms with Crippen molar-refractivity contribution in [2.45, 2.75) is 0 Å². The maximum absolute atomic E-state index is 13.2. The Bertz CT molecular complexity index is 764. The molecule has 19 heavy (non-hydrogen) atoms. The molecule has 2 aromatic heterocycles. The number of nitrogens with one attached hydrogen (secondary N) is 1. The lowest BCUT2D eigenvalue weighted by atomic mass is 10.3. The van der Waals surface area contributed by atoms with E-state index in [0.717, 1.165) is 0 Å². The summed E-state index contributed by atoms with van der Waals surface area (Å²) in [7, 11) is 0. The van der Waals surface area contributed by atoms with Gasteiger partial charge in [0, 0.05) is 6.07 Å². The summed E-state index contributed by atoms with van der Waals surface area (Å²) in [5.74, 6) is 0.0451. The van der Waals surface area contributed by atoms with Crippen molar-refractivity contribution >= 4 is 38.7 Å². The van der Waals surface area contributed by atoms with Gasteiger partial charge >= 0.3 is 0 Å². The minimum Gasteiger partial charge on any atom is -0.436 e. The molecular weight excluding hydrogens is 339 g/mol.